The van der Waals surface area contributed by atoms with Crippen molar-refractivity contribution in [3.05, 3.63) is 64.5 Å². The first-order valence-corrected chi connectivity index (χ1v) is 8.15. The van der Waals surface area contributed by atoms with Gasteiger partial charge in [-0.1, -0.05) is 41.0 Å². The molecule has 0 amide bonds. The highest BCUT2D eigenvalue weighted by atomic mass is 19.1. The quantitative estimate of drug-likeness (QED) is 0.586. The second-order valence-electron chi connectivity index (χ2n) is 6.63. The second-order valence-corrected chi connectivity index (χ2v) is 6.63. The van der Waals surface area contributed by atoms with Crippen LogP contribution in [0.5, 0.6) is 0 Å². The van der Waals surface area contributed by atoms with Crippen molar-refractivity contribution in [1.29, 1.82) is 0 Å². The minimum Gasteiger partial charge on any atom is -0.300 e. The van der Waals surface area contributed by atoms with Crippen molar-refractivity contribution >= 4 is 11.4 Å². The normalized spacial score (nSPS) is 15.1. The van der Waals surface area contributed by atoms with Crippen LogP contribution in [0.1, 0.15) is 58.4 Å². The van der Waals surface area contributed by atoms with Gasteiger partial charge < -0.3 is 4.79 Å². The van der Waals surface area contributed by atoms with Crippen LogP contribution in [-0.2, 0) is 4.79 Å². The number of Topliss-reactive ketones (excluding diaryl/α,β-unsaturated/α-hetero) is 1. The van der Waals surface area contributed by atoms with Crippen LogP contribution in [0.15, 0.2) is 53.1 Å². The van der Waals surface area contributed by atoms with Crippen LogP contribution in [0.2, 0.25) is 0 Å². The van der Waals surface area contributed by atoms with E-state index < -0.39 is 0 Å². The molecule has 2 rings (SSSR count). The van der Waals surface area contributed by atoms with E-state index in [0.717, 1.165) is 36.8 Å². The number of benzene rings is 1. The molecule has 0 spiro atoms. The molecule has 0 aromatic heterocycles. The summed E-state index contributed by atoms with van der Waals surface area (Å²) in [5, 5.41) is 0. The Labute approximate surface area is 138 Å². The molecule has 23 heavy (non-hydrogen) atoms. The molecule has 0 saturated heterocycles. The third kappa shape index (κ3) is 4.75. The van der Waals surface area contributed by atoms with Crippen LogP contribution >= 0.6 is 0 Å². The van der Waals surface area contributed by atoms with Gasteiger partial charge in [0.05, 0.1) is 0 Å². The first-order valence-electron chi connectivity index (χ1n) is 8.15. The highest BCUT2D eigenvalue weighted by Gasteiger charge is 2.18. The van der Waals surface area contributed by atoms with E-state index in [1.807, 2.05) is 12.1 Å². The van der Waals surface area contributed by atoms with E-state index in [0.29, 0.717) is 6.42 Å². The highest BCUT2D eigenvalue weighted by Crippen LogP contribution is 2.38. The third-order valence-corrected chi connectivity index (χ3v) is 4.56. The molecule has 1 nitrogen and oxygen atoms in total. The molecular weight excluding hydrogens is 287 g/mol. The van der Waals surface area contributed by atoms with Gasteiger partial charge >= 0.3 is 0 Å². The Balaban J connectivity index is 2.25. The Hall–Kier alpha value is -1.96. The molecule has 1 aromatic carbocycles. The van der Waals surface area contributed by atoms with E-state index in [-0.39, 0.29) is 11.6 Å². The fraction of sp³-hybridized carbons (Fsp3) is 0.381. The maximum absolute atomic E-state index is 13.2. The zero-order chi connectivity index (χ0) is 17.0. The molecule has 2 heteroatoms. The predicted octanol–water partition coefficient (Wildman–Crippen LogP) is 6.03. The number of hydrogen-bond donors (Lipinski definition) is 0. The molecule has 1 aliphatic rings. The lowest BCUT2D eigenvalue weighted by Gasteiger charge is -2.24. The molecule has 0 unspecified atom stereocenters. The molecule has 0 N–H and O–H groups in total. The average molecular weight is 312 g/mol. The van der Waals surface area contributed by atoms with E-state index in [2.05, 4.69) is 20.4 Å². The summed E-state index contributed by atoms with van der Waals surface area (Å²) in [6, 6.07) is 6.75. The molecular formula is C21H25FO. The lowest BCUT2D eigenvalue weighted by atomic mass is 9.81. The second kappa shape index (κ2) is 7.54. The molecule has 0 heterocycles. The van der Waals surface area contributed by atoms with Crippen LogP contribution in [0, 0.1) is 5.82 Å². The molecule has 1 aliphatic carbocycles. The zero-order valence-electron chi connectivity index (χ0n) is 14.3. The van der Waals surface area contributed by atoms with Gasteiger partial charge in [0, 0.05) is 6.42 Å². The van der Waals surface area contributed by atoms with Gasteiger partial charge in [-0.2, -0.15) is 0 Å². The molecule has 0 bridgehead atoms. The van der Waals surface area contributed by atoms with Gasteiger partial charge in [0.2, 0.25) is 0 Å². The van der Waals surface area contributed by atoms with E-state index in [4.69, 9.17) is 0 Å². The van der Waals surface area contributed by atoms with Crippen LogP contribution < -0.4 is 0 Å². The topological polar surface area (TPSA) is 17.1 Å². The van der Waals surface area contributed by atoms with Crippen molar-refractivity contribution < 1.29 is 9.18 Å². The first-order chi connectivity index (χ1) is 10.9. The first kappa shape index (κ1) is 17.4. The van der Waals surface area contributed by atoms with Crippen molar-refractivity contribution in [3.8, 4) is 0 Å². The van der Waals surface area contributed by atoms with Gasteiger partial charge in [-0.25, -0.2) is 4.39 Å². The summed E-state index contributed by atoms with van der Waals surface area (Å²) in [5.41, 5.74) is 7.63. The zero-order valence-corrected chi connectivity index (χ0v) is 14.3. The number of halogens is 1. The van der Waals surface area contributed by atoms with Gasteiger partial charge in [0.25, 0.3) is 0 Å². The lowest BCUT2D eigenvalue weighted by molar-refractivity contribution is -0.116. The molecule has 122 valence electrons. The Morgan fingerprint density at radius 3 is 2.30 bits per heavy atom. The van der Waals surface area contributed by atoms with Crippen LogP contribution in [-0.4, -0.2) is 5.78 Å². The number of rotatable bonds is 6. The van der Waals surface area contributed by atoms with Crippen LogP contribution in [0.25, 0.3) is 5.57 Å². The number of hydrogen-bond acceptors (Lipinski definition) is 1. The fourth-order valence-electron chi connectivity index (χ4n) is 2.99. The molecule has 0 aliphatic heterocycles. The predicted molar refractivity (Wildman–Crippen MR) is 94.6 cm³/mol. The summed E-state index contributed by atoms with van der Waals surface area (Å²) in [5.74, 6) is -0.00419. The number of ketones is 1. The van der Waals surface area contributed by atoms with E-state index in [1.54, 1.807) is 6.92 Å². The van der Waals surface area contributed by atoms with Crippen LogP contribution in [0.3, 0.4) is 0 Å². The molecule has 0 atom stereocenters. The van der Waals surface area contributed by atoms with Gasteiger partial charge in [0.1, 0.15) is 11.6 Å². The lowest BCUT2D eigenvalue weighted by Crippen LogP contribution is -2.04. The summed E-state index contributed by atoms with van der Waals surface area (Å²) in [6.07, 6.45) is 3.98. The minimum absolute atomic E-state index is 0.203. The van der Waals surface area contributed by atoms with Crippen molar-refractivity contribution in [1.82, 2.24) is 0 Å². The maximum Gasteiger partial charge on any atom is 0.130 e. The van der Waals surface area contributed by atoms with E-state index >= 15 is 0 Å². The van der Waals surface area contributed by atoms with E-state index in [1.165, 1.54) is 34.4 Å². The van der Waals surface area contributed by atoms with Crippen molar-refractivity contribution in [2.24, 2.45) is 0 Å². The van der Waals surface area contributed by atoms with E-state index in [9.17, 15) is 9.18 Å². The Kier molecular flexibility index (Phi) is 5.70. The van der Waals surface area contributed by atoms with Crippen molar-refractivity contribution in [3.63, 3.8) is 0 Å². The van der Waals surface area contributed by atoms with Crippen molar-refractivity contribution in [2.45, 2.75) is 52.9 Å². The molecule has 0 radical (unpaired) electrons. The van der Waals surface area contributed by atoms with Gasteiger partial charge in [0.15, 0.2) is 0 Å². The molecule has 0 fully saturated rings. The van der Waals surface area contributed by atoms with Gasteiger partial charge in [-0.15, -0.1) is 0 Å². The summed E-state index contributed by atoms with van der Waals surface area (Å²) in [4.78, 5) is 11.2. The SMILES string of the molecule is C=C(CCC(C)=O)CC1=C(c2ccc(F)cc2)CC(C)=C(C)C1. The fourth-order valence-corrected chi connectivity index (χ4v) is 2.99. The standard InChI is InChI=1S/C21H25FO/c1-14(5-6-17(4)23)11-19-12-15(2)16(3)13-21(19)18-7-9-20(22)10-8-18/h7-10H,1,5-6,11-13H2,2-4H3. The Bertz CT molecular complexity index is 674. The highest BCUT2D eigenvalue weighted by molar-refractivity contribution is 5.76. The van der Waals surface area contributed by atoms with Gasteiger partial charge in [-0.3, -0.25) is 0 Å². The Morgan fingerprint density at radius 1 is 1.09 bits per heavy atom. The number of allylic oxidation sites excluding steroid dienone is 5. The molecule has 1 aromatic rings. The monoisotopic (exact) mass is 312 g/mol. The smallest absolute Gasteiger partial charge is 0.130 e. The third-order valence-electron chi connectivity index (χ3n) is 4.56. The Morgan fingerprint density at radius 2 is 1.70 bits per heavy atom. The summed E-state index contributed by atoms with van der Waals surface area (Å²) >= 11 is 0. The van der Waals surface area contributed by atoms with Gasteiger partial charge in [-0.05, 0) is 69.7 Å². The maximum atomic E-state index is 13.2. The summed E-state index contributed by atoms with van der Waals surface area (Å²) in [7, 11) is 0. The average Bonchev–Trinajstić information content (AvgIpc) is 2.49. The van der Waals surface area contributed by atoms with Crippen LogP contribution in [0.4, 0.5) is 4.39 Å². The largest absolute Gasteiger partial charge is 0.300 e. The molecule has 0 saturated carbocycles. The summed E-state index contributed by atoms with van der Waals surface area (Å²) in [6.45, 7) is 10.1. The summed E-state index contributed by atoms with van der Waals surface area (Å²) < 4.78 is 13.2. The minimum atomic E-state index is -0.207. The number of carbonyl (C=O) groups excluding carboxylic acids is 1. The number of carbonyl (C=O) groups is 1. The van der Waals surface area contributed by atoms with Crippen molar-refractivity contribution in [2.75, 3.05) is 0 Å².